The molecule has 1 aliphatic rings. The van der Waals surface area contributed by atoms with E-state index in [-0.39, 0.29) is 25.7 Å². The van der Waals surface area contributed by atoms with Gasteiger partial charge in [0.15, 0.2) is 6.19 Å². The molecule has 0 bridgehead atoms. The average molecular weight is 479 g/mol. The molecule has 1 aliphatic heterocycles. The van der Waals surface area contributed by atoms with Crippen molar-refractivity contribution in [2.45, 2.75) is 32.5 Å². The van der Waals surface area contributed by atoms with Crippen molar-refractivity contribution >= 4 is 23.5 Å². The second-order valence-corrected chi connectivity index (χ2v) is 7.90. The summed E-state index contributed by atoms with van der Waals surface area (Å²) in [5.74, 6) is -1.23. The van der Waals surface area contributed by atoms with E-state index in [0.29, 0.717) is 18.7 Å². The van der Waals surface area contributed by atoms with Crippen LogP contribution in [0.4, 0.5) is 5.69 Å². The van der Waals surface area contributed by atoms with Gasteiger partial charge in [-0.1, -0.05) is 43.3 Å². The predicted octanol–water partition coefficient (Wildman–Crippen LogP) is 2.00. The summed E-state index contributed by atoms with van der Waals surface area (Å²) in [5.41, 5.74) is 1.90. The summed E-state index contributed by atoms with van der Waals surface area (Å²) in [6, 6.07) is 15.5. The summed E-state index contributed by atoms with van der Waals surface area (Å²) in [4.78, 5) is 37.2. The fourth-order valence-electron chi connectivity index (χ4n) is 3.82. The highest BCUT2D eigenvalue weighted by molar-refractivity contribution is 5.97. The van der Waals surface area contributed by atoms with Crippen molar-refractivity contribution in [3.05, 3.63) is 65.7 Å². The van der Waals surface area contributed by atoms with Gasteiger partial charge in [0.25, 0.3) is 5.91 Å². The van der Waals surface area contributed by atoms with E-state index >= 15 is 0 Å². The maximum Gasteiger partial charge on any atom is 0.308 e. The maximum atomic E-state index is 12.7. The number of anilines is 1. The number of carbonyl (C=O) groups is 3. The predicted molar refractivity (Wildman–Crippen MR) is 129 cm³/mol. The SMILES string of the molecule is CCOC(=O)CC(NC(=O)CNC(=O)c1cccc(NC2CN(C#N)N2CC)c1)c1ccccc1. The first-order valence-electron chi connectivity index (χ1n) is 11.5. The van der Waals surface area contributed by atoms with Crippen molar-refractivity contribution in [3.63, 3.8) is 0 Å². The Morgan fingerprint density at radius 1 is 1.14 bits per heavy atom. The summed E-state index contributed by atoms with van der Waals surface area (Å²) in [5, 5.41) is 21.3. The molecule has 10 nitrogen and oxygen atoms in total. The lowest BCUT2D eigenvalue weighted by Crippen LogP contribution is -2.65. The summed E-state index contributed by atoms with van der Waals surface area (Å²) < 4.78 is 5.02. The fourth-order valence-corrected chi connectivity index (χ4v) is 3.82. The molecule has 3 rings (SSSR count). The van der Waals surface area contributed by atoms with E-state index in [9.17, 15) is 14.4 Å². The minimum atomic E-state index is -0.566. The Bertz CT molecular complexity index is 1070. The molecule has 0 saturated carbocycles. The van der Waals surface area contributed by atoms with Gasteiger partial charge in [-0.05, 0) is 30.7 Å². The molecule has 0 radical (unpaired) electrons. The highest BCUT2D eigenvalue weighted by atomic mass is 16.5. The first kappa shape index (κ1) is 25.5. The van der Waals surface area contributed by atoms with Crippen LogP contribution in [0.5, 0.6) is 0 Å². The van der Waals surface area contributed by atoms with E-state index < -0.39 is 23.8 Å². The number of hydrazine groups is 1. The largest absolute Gasteiger partial charge is 0.466 e. The van der Waals surface area contributed by atoms with Gasteiger partial charge in [-0.25, -0.2) is 5.01 Å². The quantitative estimate of drug-likeness (QED) is 0.331. The zero-order valence-electron chi connectivity index (χ0n) is 19.9. The number of nitrogens with one attached hydrogen (secondary N) is 3. The summed E-state index contributed by atoms with van der Waals surface area (Å²) >= 11 is 0. The van der Waals surface area contributed by atoms with E-state index in [1.54, 1.807) is 30.1 Å². The van der Waals surface area contributed by atoms with Crippen molar-refractivity contribution in [3.8, 4) is 6.19 Å². The molecular formula is C25H30N6O4. The summed E-state index contributed by atoms with van der Waals surface area (Å²) in [7, 11) is 0. The van der Waals surface area contributed by atoms with E-state index in [1.807, 2.05) is 48.3 Å². The Labute approximate surface area is 204 Å². The van der Waals surface area contributed by atoms with Crippen LogP contribution in [0.25, 0.3) is 0 Å². The standard InChI is InChI=1S/C25H30N6O4/c1-3-31-22(16-30(31)17-26)28-20-12-8-11-19(13-20)25(34)27-15-23(32)29-21(14-24(33)35-4-2)18-9-6-5-7-10-18/h5-13,21-22,28H,3-4,14-16H2,1-2H3,(H,27,34)(H,29,32). The van der Waals surface area contributed by atoms with E-state index in [0.717, 1.165) is 11.3 Å². The van der Waals surface area contributed by atoms with Crippen LogP contribution < -0.4 is 16.0 Å². The van der Waals surface area contributed by atoms with E-state index in [4.69, 9.17) is 10.00 Å². The van der Waals surface area contributed by atoms with Gasteiger partial charge in [0.2, 0.25) is 5.91 Å². The molecule has 184 valence electrons. The van der Waals surface area contributed by atoms with Crippen molar-refractivity contribution in [2.75, 3.05) is 31.6 Å². The average Bonchev–Trinajstić information content (AvgIpc) is 2.85. The zero-order valence-corrected chi connectivity index (χ0v) is 19.9. The number of nitriles is 1. The van der Waals surface area contributed by atoms with Crippen LogP contribution in [-0.4, -0.2) is 60.2 Å². The molecule has 10 heteroatoms. The van der Waals surface area contributed by atoms with Crippen molar-refractivity contribution in [1.82, 2.24) is 20.7 Å². The van der Waals surface area contributed by atoms with Crippen LogP contribution in [0.3, 0.4) is 0 Å². The maximum absolute atomic E-state index is 12.7. The monoisotopic (exact) mass is 478 g/mol. The fraction of sp³-hybridized carbons (Fsp3) is 0.360. The molecule has 0 spiro atoms. The molecule has 3 N–H and O–H groups in total. The van der Waals surface area contributed by atoms with Crippen LogP contribution >= 0.6 is 0 Å². The molecular weight excluding hydrogens is 448 g/mol. The van der Waals surface area contributed by atoms with Crippen LogP contribution in [0.1, 0.15) is 42.2 Å². The lowest BCUT2D eigenvalue weighted by atomic mass is 10.0. The minimum absolute atomic E-state index is 0.00950. The zero-order chi connectivity index (χ0) is 25.2. The number of hydrogen-bond acceptors (Lipinski definition) is 8. The lowest BCUT2D eigenvalue weighted by Gasteiger charge is -2.47. The molecule has 35 heavy (non-hydrogen) atoms. The number of carbonyl (C=O) groups excluding carboxylic acids is 3. The number of rotatable bonds is 11. The third-order valence-corrected chi connectivity index (χ3v) is 5.54. The minimum Gasteiger partial charge on any atom is -0.466 e. The number of hydrogen-bond donors (Lipinski definition) is 3. The van der Waals surface area contributed by atoms with Gasteiger partial charge in [-0.15, -0.1) is 0 Å². The van der Waals surface area contributed by atoms with Crippen molar-refractivity contribution in [1.29, 1.82) is 5.26 Å². The number of nitrogens with zero attached hydrogens (tertiary/aromatic N) is 3. The summed E-state index contributed by atoms with van der Waals surface area (Å²) in [6.07, 6.45) is 2.07. The van der Waals surface area contributed by atoms with Gasteiger partial charge < -0.3 is 20.7 Å². The number of ether oxygens (including phenoxy) is 1. The van der Waals surface area contributed by atoms with Crippen LogP contribution in [-0.2, 0) is 14.3 Å². The highest BCUT2D eigenvalue weighted by Crippen LogP contribution is 2.21. The first-order chi connectivity index (χ1) is 16.9. The molecule has 1 fully saturated rings. The molecule has 1 saturated heterocycles. The van der Waals surface area contributed by atoms with Gasteiger partial charge in [0, 0.05) is 17.8 Å². The number of esters is 1. The van der Waals surface area contributed by atoms with E-state index in [2.05, 4.69) is 22.1 Å². The second-order valence-electron chi connectivity index (χ2n) is 7.90. The van der Waals surface area contributed by atoms with Crippen molar-refractivity contribution < 1.29 is 19.1 Å². The number of likely N-dealkylation sites (N-methyl/N-ethyl adjacent to an activating group) is 1. The lowest BCUT2D eigenvalue weighted by molar-refractivity contribution is -0.143. The molecule has 1 heterocycles. The molecule has 2 aromatic rings. The van der Waals surface area contributed by atoms with Crippen LogP contribution in [0.2, 0.25) is 0 Å². The number of benzene rings is 2. The van der Waals surface area contributed by atoms with Crippen molar-refractivity contribution in [2.24, 2.45) is 0 Å². The van der Waals surface area contributed by atoms with Gasteiger partial charge in [-0.3, -0.25) is 14.4 Å². The molecule has 0 aromatic heterocycles. The second kappa shape index (κ2) is 12.4. The Hall–Kier alpha value is -4.10. The Morgan fingerprint density at radius 2 is 1.91 bits per heavy atom. The van der Waals surface area contributed by atoms with Gasteiger partial charge >= 0.3 is 5.97 Å². The normalized spacial score (nSPS) is 15.8. The van der Waals surface area contributed by atoms with Gasteiger partial charge in [0.1, 0.15) is 6.17 Å². The Kier molecular flexibility index (Phi) is 9.03. The topological polar surface area (TPSA) is 127 Å². The van der Waals surface area contributed by atoms with Gasteiger partial charge in [-0.2, -0.15) is 10.3 Å². The molecule has 2 amide bonds. The Balaban J connectivity index is 1.55. The Morgan fingerprint density at radius 3 is 2.60 bits per heavy atom. The van der Waals surface area contributed by atoms with Gasteiger partial charge in [0.05, 0.1) is 32.2 Å². The molecule has 2 unspecified atom stereocenters. The number of amides is 2. The summed E-state index contributed by atoms with van der Waals surface area (Å²) in [6.45, 7) is 4.93. The third-order valence-electron chi connectivity index (χ3n) is 5.54. The smallest absolute Gasteiger partial charge is 0.308 e. The third kappa shape index (κ3) is 6.94. The highest BCUT2D eigenvalue weighted by Gasteiger charge is 2.34. The first-order valence-corrected chi connectivity index (χ1v) is 11.5. The van der Waals surface area contributed by atoms with Crippen LogP contribution in [0, 0.1) is 11.5 Å². The molecule has 2 aromatic carbocycles. The van der Waals surface area contributed by atoms with E-state index in [1.165, 1.54) is 0 Å². The molecule has 2 atom stereocenters. The van der Waals surface area contributed by atoms with Crippen LogP contribution in [0.15, 0.2) is 54.6 Å². The molecule has 0 aliphatic carbocycles.